The van der Waals surface area contributed by atoms with E-state index in [0.29, 0.717) is 5.41 Å². The summed E-state index contributed by atoms with van der Waals surface area (Å²) in [7, 11) is 0. The van der Waals surface area contributed by atoms with Crippen molar-refractivity contribution in [3.63, 3.8) is 0 Å². The largest absolute Gasteiger partial charge is 0.0649 e. The monoisotopic (exact) mass is 212 g/mol. The molecule has 0 N–H and O–H groups in total. The van der Waals surface area contributed by atoms with Crippen LogP contribution in [0.2, 0.25) is 0 Å². The lowest BCUT2D eigenvalue weighted by atomic mass is 9.70. The minimum absolute atomic E-state index is 0.511. The molecule has 0 heteroatoms. The van der Waals surface area contributed by atoms with Crippen molar-refractivity contribution in [1.29, 1.82) is 0 Å². The van der Waals surface area contributed by atoms with Crippen molar-refractivity contribution in [3.8, 4) is 0 Å². The van der Waals surface area contributed by atoms with E-state index in [-0.39, 0.29) is 0 Å². The van der Waals surface area contributed by atoms with Crippen LogP contribution in [0.25, 0.3) is 0 Å². The lowest BCUT2D eigenvalue weighted by Gasteiger charge is -2.35. The smallest absolute Gasteiger partial charge is 0.0329 e. The third kappa shape index (κ3) is 5.58. The van der Waals surface area contributed by atoms with E-state index in [1.807, 2.05) is 0 Å². The summed E-state index contributed by atoms with van der Waals surface area (Å²) in [5.41, 5.74) is 0.511. The van der Waals surface area contributed by atoms with Crippen molar-refractivity contribution < 1.29 is 0 Å². The molecule has 0 spiro atoms. The summed E-state index contributed by atoms with van der Waals surface area (Å²) in [6, 6.07) is 0. The first-order valence-corrected chi connectivity index (χ1v) is 6.81. The van der Waals surface area contributed by atoms with Crippen molar-refractivity contribution in [2.45, 2.75) is 74.1 Å². The van der Waals surface area contributed by atoms with Gasteiger partial charge >= 0.3 is 0 Å². The zero-order valence-corrected chi connectivity index (χ0v) is 12.1. The van der Waals surface area contributed by atoms with Gasteiger partial charge in [0.15, 0.2) is 0 Å². The first kappa shape index (κ1) is 15.0. The first-order valence-electron chi connectivity index (χ1n) is 6.81. The molecule has 2 unspecified atom stereocenters. The molecule has 0 aromatic rings. The van der Waals surface area contributed by atoms with Crippen molar-refractivity contribution in [2.75, 3.05) is 0 Å². The van der Waals surface area contributed by atoms with Crippen LogP contribution in [0.5, 0.6) is 0 Å². The number of hydrogen-bond acceptors (Lipinski definition) is 0. The summed E-state index contributed by atoms with van der Waals surface area (Å²) < 4.78 is 0. The second-order valence-electron chi connectivity index (χ2n) is 6.43. The van der Waals surface area contributed by atoms with E-state index in [9.17, 15) is 0 Å². The topological polar surface area (TPSA) is 0 Å². The van der Waals surface area contributed by atoms with Crippen LogP contribution in [0.15, 0.2) is 0 Å². The summed E-state index contributed by atoms with van der Waals surface area (Å²) >= 11 is 0. The third-order valence-corrected chi connectivity index (χ3v) is 4.44. The molecule has 0 aliphatic carbocycles. The lowest BCUT2D eigenvalue weighted by molar-refractivity contribution is 0.150. The Kier molecular flexibility index (Phi) is 6.55. The van der Waals surface area contributed by atoms with Gasteiger partial charge in [-0.15, -0.1) is 0 Å². The van der Waals surface area contributed by atoms with Crippen LogP contribution >= 0.6 is 0 Å². The highest BCUT2D eigenvalue weighted by Crippen LogP contribution is 2.37. The van der Waals surface area contributed by atoms with Gasteiger partial charge < -0.3 is 0 Å². The minimum Gasteiger partial charge on any atom is -0.0649 e. The molecule has 0 nitrogen and oxygen atoms in total. The molecular weight excluding hydrogens is 180 g/mol. The van der Waals surface area contributed by atoms with E-state index in [1.54, 1.807) is 0 Å². The van der Waals surface area contributed by atoms with Crippen LogP contribution in [0.4, 0.5) is 0 Å². The maximum atomic E-state index is 2.43. The predicted molar refractivity (Wildman–Crippen MR) is 71.1 cm³/mol. The Bertz CT molecular complexity index is 155. The molecule has 0 radical (unpaired) electrons. The molecule has 0 bridgehead atoms. The molecule has 0 aliphatic heterocycles. The van der Waals surface area contributed by atoms with Gasteiger partial charge in [0.05, 0.1) is 0 Å². The predicted octanol–water partition coefficient (Wildman–Crippen LogP) is 5.52. The number of hydrogen-bond donors (Lipinski definition) is 0. The summed E-state index contributed by atoms with van der Waals surface area (Å²) in [4.78, 5) is 0. The molecular formula is C15H32. The average Bonchev–Trinajstić information content (AvgIpc) is 2.15. The quantitative estimate of drug-likeness (QED) is 0.521. The maximum absolute atomic E-state index is 2.43. The standard InChI is InChI=1S/C15H32/c1-8-15(6,7)14(5)13(4)11-9-10-12(2)3/h12-14H,8-11H2,1-7H3. The molecule has 0 aliphatic rings. The molecule has 0 aromatic carbocycles. The zero-order chi connectivity index (χ0) is 12.1. The van der Waals surface area contributed by atoms with Gasteiger partial charge in [0.1, 0.15) is 0 Å². The van der Waals surface area contributed by atoms with Gasteiger partial charge in [-0.25, -0.2) is 0 Å². The van der Waals surface area contributed by atoms with Crippen LogP contribution in [-0.2, 0) is 0 Å². The van der Waals surface area contributed by atoms with E-state index in [1.165, 1.54) is 25.7 Å². The fourth-order valence-electron chi connectivity index (χ4n) is 2.19. The Balaban J connectivity index is 3.94. The van der Waals surface area contributed by atoms with Crippen LogP contribution in [0, 0.1) is 23.2 Å². The normalized spacial score (nSPS) is 16.8. The van der Waals surface area contributed by atoms with Gasteiger partial charge in [0.2, 0.25) is 0 Å². The van der Waals surface area contributed by atoms with Crippen LogP contribution in [0.1, 0.15) is 74.1 Å². The highest BCUT2D eigenvalue weighted by atomic mass is 14.3. The Morgan fingerprint density at radius 1 is 0.933 bits per heavy atom. The molecule has 92 valence electrons. The van der Waals surface area contributed by atoms with Crippen molar-refractivity contribution >= 4 is 0 Å². The summed E-state index contributed by atoms with van der Waals surface area (Å²) in [5.74, 6) is 2.58. The first-order chi connectivity index (χ1) is 6.81. The van der Waals surface area contributed by atoms with Gasteiger partial charge in [-0.05, 0) is 23.2 Å². The summed E-state index contributed by atoms with van der Waals surface area (Å²) in [6.45, 7) is 16.7. The fraction of sp³-hybridized carbons (Fsp3) is 1.00. The van der Waals surface area contributed by atoms with E-state index in [2.05, 4.69) is 48.5 Å². The van der Waals surface area contributed by atoms with Gasteiger partial charge in [-0.2, -0.15) is 0 Å². The highest BCUT2D eigenvalue weighted by Gasteiger charge is 2.27. The second kappa shape index (κ2) is 6.55. The van der Waals surface area contributed by atoms with Crippen LogP contribution in [-0.4, -0.2) is 0 Å². The van der Waals surface area contributed by atoms with E-state index < -0.39 is 0 Å². The Hall–Kier alpha value is 0. The average molecular weight is 212 g/mol. The Morgan fingerprint density at radius 3 is 1.87 bits per heavy atom. The van der Waals surface area contributed by atoms with Crippen molar-refractivity contribution in [1.82, 2.24) is 0 Å². The summed E-state index contributed by atoms with van der Waals surface area (Å²) in [6.07, 6.45) is 5.50. The van der Waals surface area contributed by atoms with Crippen LogP contribution < -0.4 is 0 Å². The van der Waals surface area contributed by atoms with Gasteiger partial charge in [0.25, 0.3) is 0 Å². The number of rotatable bonds is 7. The maximum Gasteiger partial charge on any atom is -0.0329 e. The van der Waals surface area contributed by atoms with Crippen molar-refractivity contribution in [2.24, 2.45) is 23.2 Å². The molecule has 15 heavy (non-hydrogen) atoms. The second-order valence-corrected chi connectivity index (χ2v) is 6.43. The van der Waals surface area contributed by atoms with E-state index in [0.717, 1.165) is 17.8 Å². The van der Waals surface area contributed by atoms with Crippen LogP contribution in [0.3, 0.4) is 0 Å². The molecule has 0 amide bonds. The SMILES string of the molecule is CCC(C)(C)C(C)C(C)CCCC(C)C. The van der Waals surface area contributed by atoms with E-state index >= 15 is 0 Å². The van der Waals surface area contributed by atoms with Gasteiger partial charge in [0, 0.05) is 0 Å². The Labute approximate surface area is 97.8 Å². The third-order valence-electron chi connectivity index (χ3n) is 4.44. The molecule has 0 fully saturated rings. The fourth-order valence-corrected chi connectivity index (χ4v) is 2.19. The van der Waals surface area contributed by atoms with Gasteiger partial charge in [-0.1, -0.05) is 74.1 Å². The highest BCUT2D eigenvalue weighted by molar-refractivity contribution is 4.77. The van der Waals surface area contributed by atoms with Gasteiger partial charge in [-0.3, -0.25) is 0 Å². The minimum atomic E-state index is 0.511. The summed E-state index contributed by atoms with van der Waals surface area (Å²) in [5, 5.41) is 0. The zero-order valence-electron chi connectivity index (χ0n) is 12.1. The van der Waals surface area contributed by atoms with Crippen molar-refractivity contribution in [3.05, 3.63) is 0 Å². The lowest BCUT2D eigenvalue weighted by Crippen LogP contribution is -2.26. The molecule has 0 saturated heterocycles. The molecule has 0 heterocycles. The molecule has 2 atom stereocenters. The molecule has 0 aromatic heterocycles. The Morgan fingerprint density at radius 2 is 1.47 bits per heavy atom. The van der Waals surface area contributed by atoms with E-state index in [4.69, 9.17) is 0 Å². The molecule has 0 saturated carbocycles. The molecule has 0 rings (SSSR count).